The number of amides is 2. The molecule has 4 N–H and O–H groups in total. The molecular weight excluding hydrogens is 306 g/mol. The van der Waals surface area contributed by atoms with Crippen molar-refractivity contribution in [2.45, 2.75) is 18.9 Å². The van der Waals surface area contributed by atoms with Crippen molar-refractivity contribution in [3.63, 3.8) is 0 Å². The summed E-state index contributed by atoms with van der Waals surface area (Å²) in [7, 11) is 0. The monoisotopic (exact) mass is 322 g/mol. The number of aliphatic hydroxyl groups is 1. The molecule has 0 radical (unpaired) electrons. The van der Waals surface area contributed by atoms with Gasteiger partial charge in [-0.05, 0) is 24.6 Å². The number of H-pyrrole nitrogens is 1. The summed E-state index contributed by atoms with van der Waals surface area (Å²) in [6, 6.07) is 4.18. The van der Waals surface area contributed by atoms with Crippen LogP contribution in [0.4, 0.5) is 19.3 Å². The Balaban J connectivity index is 1.64. The number of hydrogen-bond acceptors (Lipinski definition) is 3. The normalized spacial score (nSPS) is 20.3. The maximum absolute atomic E-state index is 12.6. The average molecular weight is 322 g/mol. The molecule has 3 rings (SSSR count). The smallest absolute Gasteiger partial charge is 0.319 e. The van der Waals surface area contributed by atoms with Gasteiger partial charge in [-0.2, -0.15) is 0 Å². The largest absolute Gasteiger partial charge is 0.396 e. The summed E-state index contributed by atoms with van der Waals surface area (Å²) in [5.74, 6) is -0.331. The minimum atomic E-state index is -2.67. The number of urea groups is 1. The van der Waals surface area contributed by atoms with Gasteiger partial charge in [-0.3, -0.25) is 0 Å². The van der Waals surface area contributed by atoms with Crippen LogP contribution >= 0.6 is 0 Å². The second-order valence-corrected chi connectivity index (χ2v) is 5.42. The van der Waals surface area contributed by atoms with Crippen molar-refractivity contribution in [3.05, 3.63) is 36.2 Å². The molecule has 1 aromatic carbocycles. The van der Waals surface area contributed by atoms with Crippen molar-refractivity contribution in [2.24, 2.45) is 5.92 Å². The van der Waals surface area contributed by atoms with Gasteiger partial charge < -0.3 is 20.7 Å². The van der Waals surface area contributed by atoms with Gasteiger partial charge in [0.05, 0.1) is 11.0 Å². The van der Waals surface area contributed by atoms with Gasteiger partial charge in [0.15, 0.2) is 5.82 Å². The van der Waals surface area contributed by atoms with E-state index >= 15 is 0 Å². The van der Waals surface area contributed by atoms with Crippen LogP contribution in [0.5, 0.6) is 0 Å². The summed E-state index contributed by atoms with van der Waals surface area (Å²) in [5, 5.41) is 14.5. The summed E-state index contributed by atoms with van der Waals surface area (Å²) in [4.78, 5) is 18.2. The molecule has 0 unspecified atom stereocenters. The molecule has 1 aromatic heterocycles. The zero-order valence-corrected chi connectivity index (χ0v) is 12.1. The number of imidazole rings is 1. The van der Waals surface area contributed by atoms with Crippen LogP contribution in [0.3, 0.4) is 0 Å². The first kappa shape index (κ1) is 15.4. The van der Waals surface area contributed by atoms with Gasteiger partial charge in [-0.15, -0.1) is 0 Å². The number of carbonyl (C=O) groups is 1. The molecule has 122 valence electrons. The summed E-state index contributed by atoms with van der Waals surface area (Å²) >= 11 is 0. The summed E-state index contributed by atoms with van der Waals surface area (Å²) in [6.45, 7) is 0.0548. The minimum Gasteiger partial charge on any atom is -0.396 e. The van der Waals surface area contributed by atoms with Crippen molar-refractivity contribution in [2.75, 3.05) is 11.9 Å². The Labute approximate surface area is 130 Å². The van der Waals surface area contributed by atoms with Gasteiger partial charge in [0.1, 0.15) is 0 Å². The number of benzene rings is 1. The third-order valence-electron chi connectivity index (χ3n) is 3.69. The maximum atomic E-state index is 12.6. The molecule has 0 fully saturated rings. The fraction of sp³-hybridized carbons (Fsp3) is 0.333. The summed E-state index contributed by atoms with van der Waals surface area (Å²) in [6.07, 6.45) is 1.69. The molecule has 0 aliphatic heterocycles. The second kappa shape index (κ2) is 6.33. The molecule has 0 spiro atoms. The van der Waals surface area contributed by atoms with Crippen LogP contribution in [0.2, 0.25) is 0 Å². The highest BCUT2D eigenvalue weighted by Gasteiger charge is 2.20. The molecule has 0 saturated carbocycles. The summed E-state index contributed by atoms with van der Waals surface area (Å²) < 4.78 is 25.2. The van der Waals surface area contributed by atoms with Crippen LogP contribution < -0.4 is 10.6 Å². The van der Waals surface area contributed by atoms with E-state index in [2.05, 4.69) is 20.6 Å². The molecule has 2 atom stereocenters. The van der Waals surface area contributed by atoms with Crippen LogP contribution in [0.1, 0.15) is 18.7 Å². The highest BCUT2D eigenvalue weighted by atomic mass is 19.3. The van der Waals surface area contributed by atoms with Gasteiger partial charge in [0.2, 0.25) is 0 Å². The Morgan fingerprint density at radius 1 is 1.43 bits per heavy atom. The maximum Gasteiger partial charge on any atom is 0.319 e. The van der Waals surface area contributed by atoms with E-state index in [-0.39, 0.29) is 18.6 Å². The first-order valence-corrected chi connectivity index (χ1v) is 7.19. The second-order valence-electron chi connectivity index (χ2n) is 5.42. The van der Waals surface area contributed by atoms with Crippen molar-refractivity contribution in [1.82, 2.24) is 15.3 Å². The molecule has 23 heavy (non-hydrogen) atoms. The SMILES string of the molecule is O=C(Nc1ccc2nc(C(F)F)[nH]c2c1)N[C@@H]1C=C[C@H](CO)C1. The van der Waals surface area contributed by atoms with Crippen LogP contribution in [-0.4, -0.2) is 33.8 Å². The van der Waals surface area contributed by atoms with E-state index in [1.807, 2.05) is 12.2 Å². The lowest BCUT2D eigenvalue weighted by Crippen LogP contribution is -2.36. The van der Waals surface area contributed by atoms with E-state index in [0.29, 0.717) is 23.1 Å². The number of hydrogen-bond donors (Lipinski definition) is 4. The Bertz CT molecular complexity index is 744. The number of nitrogens with one attached hydrogen (secondary N) is 3. The van der Waals surface area contributed by atoms with Gasteiger partial charge in [0, 0.05) is 24.3 Å². The van der Waals surface area contributed by atoms with Crippen LogP contribution in [0.15, 0.2) is 30.4 Å². The van der Waals surface area contributed by atoms with Crippen LogP contribution in [0, 0.1) is 5.92 Å². The molecule has 1 aliphatic carbocycles. The molecule has 0 bridgehead atoms. The van der Waals surface area contributed by atoms with Crippen molar-refractivity contribution >= 4 is 22.8 Å². The van der Waals surface area contributed by atoms with E-state index in [1.165, 1.54) is 0 Å². The fourth-order valence-electron chi connectivity index (χ4n) is 2.56. The van der Waals surface area contributed by atoms with Crippen molar-refractivity contribution < 1.29 is 18.7 Å². The number of halogens is 2. The van der Waals surface area contributed by atoms with Crippen LogP contribution in [-0.2, 0) is 0 Å². The topological polar surface area (TPSA) is 90.0 Å². The lowest BCUT2D eigenvalue weighted by atomic mass is 10.1. The van der Waals surface area contributed by atoms with E-state index < -0.39 is 18.3 Å². The molecule has 1 aliphatic rings. The number of nitrogens with zero attached hydrogens (tertiary/aromatic N) is 1. The number of fused-ring (bicyclic) bond motifs is 1. The predicted molar refractivity (Wildman–Crippen MR) is 81.3 cm³/mol. The first-order chi connectivity index (χ1) is 11.0. The third-order valence-corrected chi connectivity index (χ3v) is 3.69. The van der Waals surface area contributed by atoms with Crippen molar-refractivity contribution in [1.29, 1.82) is 0 Å². The Morgan fingerprint density at radius 3 is 2.96 bits per heavy atom. The number of alkyl halides is 2. The molecule has 8 heteroatoms. The van der Waals surface area contributed by atoms with Crippen molar-refractivity contribution in [3.8, 4) is 0 Å². The summed E-state index contributed by atoms with van der Waals surface area (Å²) in [5.41, 5.74) is 1.31. The molecule has 0 saturated heterocycles. The Morgan fingerprint density at radius 2 is 2.26 bits per heavy atom. The fourth-order valence-corrected chi connectivity index (χ4v) is 2.56. The number of rotatable bonds is 4. The predicted octanol–water partition coefficient (Wildman–Crippen LogP) is 2.56. The zero-order valence-electron chi connectivity index (χ0n) is 12.1. The number of aromatic amines is 1. The van der Waals surface area contributed by atoms with Gasteiger partial charge >= 0.3 is 6.03 Å². The average Bonchev–Trinajstić information content (AvgIpc) is 3.12. The minimum absolute atomic E-state index is 0.0548. The zero-order chi connectivity index (χ0) is 16.4. The Hall–Kier alpha value is -2.48. The first-order valence-electron chi connectivity index (χ1n) is 7.19. The van der Waals surface area contributed by atoms with E-state index in [9.17, 15) is 13.6 Å². The van der Waals surface area contributed by atoms with E-state index in [4.69, 9.17) is 5.11 Å². The lowest BCUT2D eigenvalue weighted by Gasteiger charge is -2.13. The molecule has 2 aromatic rings. The lowest BCUT2D eigenvalue weighted by molar-refractivity contribution is 0.142. The molecule has 2 amide bonds. The molecule has 6 nitrogen and oxygen atoms in total. The van der Waals surface area contributed by atoms with E-state index in [1.54, 1.807) is 18.2 Å². The third kappa shape index (κ3) is 3.48. The number of aromatic nitrogens is 2. The number of anilines is 1. The van der Waals surface area contributed by atoms with Gasteiger partial charge in [-0.1, -0.05) is 12.2 Å². The highest BCUT2D eigenvalue weighted by Crippen LogP contribution is 2.22. The number of aliphatic hydroxyl groups excluding tert-OH is 1. The molecular formula is C15H16F2N4O2. The van der Waals surface area contributed by atoms with E-state index in [0.717, 1.165) is 0 Å². The quantitative estimate of drug-likeness (QED) is 0.652. The van der Waals surface area contributed by atoms with Crippen LogP contribution in [0.25, 0.3) is 11.0 Å². The standard InChI is InChI=1S/C15H16F2N4O2/c16-13(17)14-20-11-4-3-10(6-12(11)21-14)19-15(23)18-9-2-1-8(5-9)7-22/h1-4,6,8-9,13,22H,5,7H2,(H,20,21)(H2,18,19,23)/t8-,9+/m0/s1. The highest BCUT2D eigenvalue weighted by molar-refractivity contribution is 5.92. The molecule has 1 heterocycles. The van der Waals surface area contributed by atoms with Gasteiger partial charge in [-0.25, -0.2) is 18.6 Å². The number of carbonyl (C=O) groups excluding carboxylic acids is 1. The van der Waals surface area contributed by atoms with Gasteiger partial charge in [0.25, 0.3) is 6.43 Å². The Kier molecular flexibility index (Phi) is 4.24.